The number of aryl methyl sites for hydroxylation is 1. The lowest BCUT2D eigenvalue weighted by Gasteiger charge is -2.26. The molecule has 0 radical (unpaired) electrons. The molecule has 1 aromatic rings. The zero-order valence-electron chi connectivity index (χ0n) is 9.45. The molecule has 0 aromatic carbocycles. The quantitative estimate of drug-likeness (QED) is 0.790. The van der Waals surface area contributed by atoms with E-state index in [4.69, 9.17) is 0 Å². The molecule has 2 rings (SSSR count). The van der Waals surface area contributed by atoms with Crippen molar-refractivity contribution in [2.24, 2.45) is 0 Å². The topological polar surface area (TPSA) is 33.1 Å². The first kappa shape index (κ1) is 10.6. The minimum absolute atomic E-state index is 1.03. The van der Waals surface area contributed by atoms with Crippen LogP contribution in [0.5, 0.6) is 0 Å². The normalized spacial score (nSPS) is 18.2. The van der Waals surface area contributed by atoms with Crippen LogP contribution >= 0.6 is 0 Å². The van der Waals surface area contributed by atoms with Crippen LogP contribution in [-0.2, 0) is 13.1 Å². The van der Waals surface area contributed by atoms with Crippen molar-refractivity contribution in [1.82, 2.24) is 20.0 Å². The number of nitrogens with zero attached hydrogens (tertiary/aromatic N) is 3. The van der Waals surface area contributed by atoms with Gasteiger partial charge in [0.1, 0.15) is 0 Å². The standard InChI is InChI=1S/C11H20N4/c1-2-5-15-10-11(8-13-15)9-14-6-3-12-4-7-14/h8,10,12H,2-7,9H2,1H3. The van der Waals surface area contributed by atoms with Crippen LogP contribution < -0.4 is 5.32 Å². The Kier molecular flexibility index (Phi) is 3.75. The minimum Gasteiger partial charge on any atom is -0.314 e. The van der Waals surface area contributed by atoms with Crippen LogP contribution in [-0.4, -0.2) is 40.9 Å². The van der Waals surface area contributed by atoms with Gasteiger partial charge in [-0.1, -0.05) is 6.92 Å². The van der Waals surface area contributed by atoms with Gasteiger partial charge >= 0.3 is 0 Å². The molecule has 0 aliphatic carbocycles. The Bertz CT molecular complexity index is 289. The second-order valence-corrected chi connectivity index (χ2v) is 4.14. The molecule has 0 amide bonds. The van der Waals surface area contributed by atoms with E-state index < -0.39 is 0 Å². The van der Waals surface area contributed by atoms with E-state index in [-0.39, 0.29) is 0 Å². The van der Waals surface area contributed by atoms with Crippen LogP contribution in [0, 0.1) is 0 Å². The number of aromatic nitrogens is 2. The van der Waals surface area contributed by atoms with Gasteiger partial charge in [-0.3, -0.25) is 9.58 Å². The average Bonchev–Trinajstić information content (AvgIpc) is 2.68. The predicted octanol–water partition coefficient (Wildman–Crippen LogP) is 0.698. The van der Waals surface area contributed by atoms with Crippen molar-refractivity contribution in [3.63, 3.8) is 0 Å². The van der Waals surface area contributed by atoms with Gasteiger partial charge in [0.2, 0.25) is 0 Å². The van der Waals surface area contributed by atoms with E-state index in [1.807, 2.05) is 10.9 Å². The molecule has 1 aliphatic heterocycles. The smallest absolute Gasteiger partial charge is 0.0534 e. The Balaban J connectivity index is 1.86. The highest BCUT2D eigenvalue weighted by Crippen LogP contribution is 2.04. The van der Waals surface area contributed by atoms with E-state index in [1.165, 1.54) is 5.56 Å². The number of nitrogens with one attached hydrogen (secondary N) is 1. The number of hydrogen-bond acceptors (Lipinski definition) is 3. The second kappa shape index (κ2) is 5.28. The molecule has 1 aliphatic rings. The van der Waals surface area contributed by atoms with Gasteiger partial charge in [-0.25, -0.2) is 0 Å². The van der Waals surface area contributed by atoms with Crippen molar-refractivity contribution >= 4 is 0 Å². The Morgan fingerprint density at radius 3 is 2.93 bits per heavy atom. The average molecular weight is 208 g/mol. The third-order valence-corrected chi connectivity index (χ3v) is 2.76. The molecule has 2 heterocycles. The molecule has 0 bridgehead atoms. The summed E-state index contributed by atoms with van der Waals surface area (Å²) in [6, 6.07) is 0. The zero-order chi connectivity index (χ0) is 10.5. The van der Waals surface area contributed by atoms with Crippen molar-refractivity contribution < 1.29 is 0 Å². The molecular weight excluding hydrogens is 188 g/mol. The molecule has 1 N–H and O–H groups in total. The number of piperazine rings is 1. The fourth-order valence-corrected chi connectivity index (χ4v) is 1.97. The third-order valence-electron chi connectivity index (χ3n) is 2.76. The first-order valence-electron chi connectivity index (χ1n) is 5.83. The highest BCUT2D eigenvalue weighted by molar-refractivity contribution is 5.03. The number of rotatable bonds is 4. The summed E-state index contributed by atoms with van der Waals surface area (Å²) >= 11 is 0. The SMILES string of the molecule is CCCn1cc(CN2CCNCC2)cn1. The van der Waals surface area contributed by atoms with E-state index in [0.717, 1.165) is 45.7 Å². The maximum Gasteiger partial charge on any atom is 0.0534 e. The van der Waals surface area contributed by atoms with Gasteiger partial charge < -0.3 is 5.32 Å². The minimum atomic E-state index is 1.03. The molecule has 4 heteroatoms. The van der Waals surface area contributed by atoms with Gasteiger partial charge in [-0.05, 0) is 6.42 Å². The summed E-state index contributed by atoms with van der Waals surface area (Å²) < 4.78 is 2.04. The lowest BCUT2D eigenvalue weighted by atomic mass is 10.3. The van der Waals surface area contributed by atoms with Crippen LogP contribution in [0.2, 0.25) is 0 Å². The van der Waals surface area contributed by atoms with E-state index in [2.05, 4.69) is 28.4 Å². The van der Waals surface area contributed by atoms with Crippen LogP contribution in [0.4, 0.5) is 0 Å². The van der Waals surface area contributed by atoms with E-state index in [0.29, 0.717) is 0 Å². The summed E-state index contributed by atoms with van der Waals surface area (Å²) in [6.45, 7) is 8.79. The van der Waals surface area contributed by atoms with Crippen LogP contribution in [0.25, 0.3) is 0 Å². The Hall–Kier alpha value is -0.870. The molecule has 15 heavy (non-hydrogen) atoms. The largest absolute Gasteiger partial charge is 0.314 e. The van der Waals surface area contributed by atoms with Gasteiger partial charge in [0.05, 0.1) is 6.20 Å². The van der Waals surface area contributed by atoms with E-state index in [9.17, 15) is 0 Å². The monoisotopic (exact) mass is 208 g/mol. The van der Waals surface area contributed by atoms with Crippen molar-refractivity contribution in [2.75, 3.05) is 26.2 Å². The third kappa shape index (κ3) is 3.04. The first-order chi connectivity index (χ1) is 7.38. The predicted molar refractivity (Wildman–Crippen MR) is 60.7 cm³/mol. The molecule has 0 saturated carbocycles. The Morgan fingerprint density at radius 1 is 1.40 bits per heavy atom. The first-order valence-corrected chi connectivity index (χ1v) is 5.83. The molecule has 1 saturated heterocycles. The van der Waals surface area contributed by atoms with Gasteiger partial charge in [0.15, 0.2) is 0 Å². The zero-order valence-corrected chi connectivity index (χ0v) is 9.45. The molecule has 4 nitrogen and oxygen atoms in total. The molecule has 0 unspecified atom stereocenters. The highest BCUT2D eigenvalue weighted by atomic mass is 15.3. The molecule has 1 aromatic heterocycles. The van der Waals surface area contributed by atoms with Crippen molar-refractivity contribution in [3.8, 4) is 0 Å². The van der Waals surface area contributed by atoms with Gasteiger partial charge in [-0.2, -0.15) is 5.10 Å². The second-order valence-electron chi connectivity index (χ2n) is 4.14. The lowest BCUT2D eigenvalue weighted by Crippen LogP contribution is -2.42. The van der Waals surface area contributed by atoms with E-state index >= 15 is 0 Å². The summed E-state index contributed by atoms with van der Waals surface area (Å²) in [7, 11) is 0. The maximum absolute atomic E-state index is 4.35. The van der Waals surface area contributed by atoms with Crippen LogP contribution in [0.1, 0.15) is 18.9 Å². The number of hydrogen-bond donors (Lipinski definition) is 1. The van der Waals surface area contributed by atoms with Crippen LogP contribution in [0.15, 0.2) is 12.4 Å². The van der Waals surface area contributed by atoms with Crippen molar-refractivity contribution in [3.05, 3.63) is 18.0 Å². The summed E-state index contributed by atoms with van der Waals surface area (Å²) in [5.41, 5.74) is 1.34. The lowest BCUT2D eigenvalue weighted by molar-refractivity contribution is 0.233. The summed E-state index contributed by atoms with van der Waals surface area (Å²) in [5.74, 6) is 0. The molecule has 84 valence electrons. The van der Waals surface area contributed by atoms with Gasteiger partial charge in [-0.15, -0.1) is 0 Å². The molecule has 0 spiro atoms. The molecule has 0 atom stereocenters. The fourth-order valence-electron chi connectivity index (χ4n) is 1.97. The van der Waals surface area contributed by atoms with Crippen molar-refractivity contribution in [2.45, 2.75) is 26.4 Å². The maximum atomic E-state index is 4.35. The van der Waals surface area contributed by atoms with Gasteiger partial charge in [0, 0.05) is 51.0 Å². The molecule has 1 fully saturated rings. The summed E-state index contributed by atoms with van der Waals surface area (Å²) in [5, 5.41) is 7.71. The Morgan fingerprint density at radius 2 is 2.20 bits per heavy atom. The summed E-state index contributed by atoms with van der Waals surface area (Å²) in [4.78, 5) is 2.48. The Labute approximate surface area is 91.3 Å². The van der Waals surface area contributed by atoms with E-state index in [1.54, 1.807) is 0 Å². The highest BCUT2D eigenvalue weighted by Gasteiger charge is 2.10. The fraction of sp³-hybridized carbons (Fsp3) is 0.727. The van der Waals surface area contributed by atoms with Crippen molar-refractivity contribution in [1.29, 1.82) is 0 Å². The van der Waals surface area contributed by atoms with Crippen LogP contribution in [0.3, 0.4) is 0 Å². The van der Waals surface area contributed by atoms with Gasteiger partial charge in [0.25, 0.3) is 0 Å². The molecular formula is C11H20N4. The summed E-state index contributed by atoms with van der Waals surface area (Å²) in [6.07, 6.45) is 5.32.